The van der Waals surface area contributed by atoms with Gasteiger partial charge in [0.2, 0.25) is 0 Å². The molecule has 0 saturated heterocycles. The molecular formula is C16H23N3O. The summed E-state index contributed by atoms with van der Waals surface area (Å²) in [6, 6.07) is 10.1. The van der Waals surface area contributed by atoms with Crippen molar-refractivity contribution in [3.8, 4) is 5.75 Å². The summed E-state index contributed by atoms with van der Waals surface area (Å²) in [5.74, 6) is 0.924. The molecule has 2 rings (SSSR count). The smallest absolute Gasteiger partial charge is 0.119 e. The molecule has 1 aromatic heterocycles. The van der Waals surface area contributed by atoms with Gasteiger partial charge in [0, 0.05) is 25.2 Å². The average Bonchev–Trinajstić information content (AvgIpc) is 2.92. The third-order valence-corrected chi connectivity index (χ3v) is 3.26. The summed E-state index contributed by atoms with van der Waals surface area (Å²) in [5, 5.41) is 0. The standard InChI is InChI=1S/C16H23N3O/c1-2-14(17)11-15-12-19(13-18-15)9-6-10-20-16-7-4-3-5-8-16/h3-5,7-8,12-14H,2,6,9-11,17H2,1H3. The number of rotatable bonds is 8. The van der Waals surface area contributed by atoms with Crippen molar-refractivity contribution in [3.63, 3.8) is 0 Å². The summed E-state index contributed by atoms with van der Waals surface area (Å²) >= 11 is 0. The highest BCUT2D eigenvalue weighted by Gasteiger charge is 2.04. The molecule has 0 bridgehead atoms. The molecule has 108 valence electrons. The molecule has 1 heterocycles. The van der Waals surface area contributed by atoms with Gasteiger partial charge in [0.05, 0.1) is 18.6 Å². The van der Waals surface area contributed by atoms with Gasteiger partial charge in [-0.05, 0) is 25.0 Å². The Balaban J connectivity index is 1.69. The summed E-state index contributed by atoms with van der Waals surface area (Å²) in [6.07, 6.45) is 6.75. The van der Waals surface area contributed by atoms with Gasteiger partial charge in [0.1, 0.15) is 5.75 Å². The second-order valence-electron chi connectivity index (χ2n) is 4.99. The molecule has 4 nitrogen and oxygen atoms in total. The monoisotopic (exact) mass is 273 g/mol. The summed E-state index contributed by atoms with van der Waals surface area (Å²) in [4.78, 5) is 4.38. The predicted octanol–water partition coefficient (Wildman–Crippen LogP) is 2.63. The molecule has 1 atom stereocenters. The van der Waals surface area contributed by atoms with Crippen LogP contribution in [-0.4, -0.2) is 22.2 Å². The van der Waals surface area contributed by atoms with E-state index in [0.29, 0.717) is 6.61 Å². The number of aryl methyl sites for hydroxylation is 1. The van der Waals surface area contributed by atoms with Gasteiger partial charge in [0.25, 0.3) is 0 Å². The van der Waals surface area contributed by atoms with Crippen LogP contribution in [0.2, 0.25) is 0 Å². The highest BCUT2D eigenvalue weighted by atomic mass is 16.5. The molecule has 4 heteroatoms. The quantitative estimate of drug-likeness (QED) is 0.752. The fourth-order valence-electron chi connectivity index (χ4n) is 2.00. The Hall–Kier alpha value is -1.81. The minimum Gasteiger partial charge on any atom is -0.494 e. The molecule has 0 aliphatic heterocycles. The molecule has 2 aromatic rings. The van der Waals surface area contributed by atoms with Crippen molar-refractivity contribution in [1.82, 2.24) is 9.55 Å². The molecule has 1 unspecified atom stereocenters. The number of hydrogen-bond donors (Lipinski definition) is 1. The summed E-state index contributed by atoms with van der Waals surface area (Å²) in [7, 11) is 0. The van der Waals surface area contributed by atoms with Crippen LogP contribution in [0.4, 0.5) is 0 Å². The van der Waals surface area contributed by atoms with E-state index in [2.05, 4.69) is 22.7 Å². The summed E-state index contributed by atoms with van der Waals surface area (Å²) < 4.78 is 7.77. The molecule has 0 radical (unpaired) electrons. The van der Waals surface area contributed by atoms with Crippen LogP contribution in [0.1, 0.15) is 25.5 Å². The van der Waals surface area contributed by atoms with Gasteiger partial charge in [-0.3, -0.25) is 0 Å². The highest BCUT2D eigenvalue weighted by molar-refractivity contribution is 5.20. The maximum atomic E-state index is 5.93. The number of nitrogens with two attached hydrogens (primary N) is 1. The van der Waals surface area contributed by atoms with Crippen molar-refractivity contribution in [3.05, 3.63) is 48.5 Å². The first-order chi connectivity index (χ1) is 9.78. The minimum atomic E-state index is 0.208. The van der Waals surface area contributed by atoms with Crippen molar-refractivity contribution < 1.29 is 4.74 Å². The van der Waals surface area contributed by atoms with Crippen molar-refractivity contribution in [1.29, 1.82) is 0 Å². The molecule has 0 aliphatic carbocycles. The van der Waals surface area contributed by atoms with E-state index in [4.69, 9.17) is 10.5 Å². The number of para-hydroxylation sites is 1. The van der Waals surface area contributed by atoms with E-state index < -0.39 is 0 Å². The SMILES string of the molecule is CCC(N)Cc1cn(CCCOc2ccccc2)cn1. The first kappa shape index (κ1) is 14.6. The minimum absolute atomic E-state index is 0.208. The molecule has 0 saturated carbocycles. The normalized spacial score (nSPS) is 12.3. The van der Waals surface area contributed by atoms with E-state index in [1.165, 1.54) is 0 Å². The maximum absolute atomic E-state index is 5.93. The topological polar surface area (TPSA) is 53.1 Å². The van der Waals surface area contributed by atoms with E-state index in [9.17, 15) is 0 Å². The lowest BCUT2D eigenvalue weighted by Gasteiger charge is -2.06. The lowest BCUT2D eigenvalue weighted by atomic mass is 10.1. The van der Waals surface area contributed by atoms with Crippen LogP contribution in [0.3, 0.4) is 0 Å². The van der Waals surface area contributed by atoms with Gasteiger partial charge in [-0.2, -0.15) is 0 Å². The zero-order chi connectivity index (χ0) is 14.2. The predicted molar refractivity (Wildman–Crippen MR) is 80.8 cm³/mol. The van der Waals surface area contributed by atoms with E-state index in [-0.39, 0.29) is 6.04 Å². The van der Waals surface area contributed by atoms with Gasteiger partial charge in [-0.15, -0.1) is 0 Å². The first-order valence-corrected chi connectivity index (χ1v) is 7.22. The van der Waals surface area contributed by atoms with Crippen LogP contribution in [-0.2, 0) is 13.0 Å². The lowest BCUT2D eigenvalue weighted by Crippen LogP contribution is -2.21. The van der Waals surface area contributed by atoms with Gasteiger partial charge in [0.15, 0.2) is 0 Å². The highest BCUT2D eigenvalue weighted by Crippen LogP contribution is 2.09. The van der Waals surface area contributed by atoms with E-state index in [1.54, 1.807) is 0 Å². The van der Waals surface area contributed by atoms with Crippen LogP contribution < -0.4 is 10.5 Å². The molecular weight excluding hydrogens is 250 g/mol. The van der Waals surface area contributed by atoms with E-state index in [0.717, 1.165) is 37.3 Å². The zero-order valence-electron chi connectivity index (χ0n) is 12.0. The Morgan fingerprint density at radius 2 is 2.10 bits per heavy atom. The Kier molecular flexibility index (Phi) is 5.62. The summed E-state index contributed by atoms with van der Waals surface area (Å²) in [5.41, 5.74) is 7.00. The molecule has 0 amide bonds. The number of aromatic nitrogens is 2. The largest absolute Gasteiger partial charge is 0.494 e. The second-order valence-corrected chi connectivity index (χ2v) is 4.99. The number of nitrogens with zero attached hydrogens (tertiary/aromatic N) is 2. The Labute approximate surface area is 120 Å². The van der Waals surface area contributed by atoms with Crippen LogP contribution in [0.5, 0.6) is 5.75 Å². The third-order valence-electron chi connectivity index (χ3n) is 3.26. The van der Waals surface area contributed by atoms with E-state index in [1.807, 2.05) is 36.7 Å². The van der Waals surface area contributed by atoms with Gasteiger partial charge in [-0.25, -0.2) is 4.98 Å². The summed E-state index contributed by atoms with van der Waals surface area (Å²) in [6.45, 7) is 3.73. The third kappa shape index (κ3) is 4.70. The molecule has 2 N–H and O–H groups in total. The van der Waals surface area contributed by atoms with Crippen molar-refractivity contribution in [2.24, 2.45) is 5.73 Å². The van der Waals surface area contributed by atoms with E-state index >= 15 is 0 Å². The molecule has 0 spiro atoms. The van der Waals surface area contributed by atoms with Gasteiger partial charge >= 0.3 is 0 Å². The molecule has 1 aromatic carbocycles. The number of benzene rings is 1. The molecule has 20 heavy (non-hydrogen) atoms. The second kappa shape index (κ2) is 7.70. The van der Waals surface area contributed by atoms with Crippen molar-refractivity contribution >= 4 is 0 Å². The number of imidazole rings is 1. The van der Waals surface area contributed by atoms with Crippen LogP contribution in [0.25, 0.3) is 0 Å². The fourth-order valence-corrected chi connectivity index (χ4v) is 2.00. The number of hydrogen-bond acceptors (Lipinski definition) is 3. The Morgan fingerprint density at radius 1 is 1.30 bits per heavy atom. The lowest BCUT2D eigenvalue weighted by molar-refractivity contribution is 0.301. The fraction of sp³-hybridized carbons (Fsp3) is 0.438. The van der Waals surface area contributed by atoms with Gasteiger partial charge < -0.3 is 15.0 Å². The van der Waals surface area contributed by atoms with Crippen molar-refractivity contribution in [2.75, 3.05) is 6.61 Å². The average molecular weight is 273 g/mol. The zero-order valence-corrected chi connectivity index (χ0v) is 12.0. The van der Waals surface area contributed by atoms with Crippen LogP contribution in [0.15, 0.2) is 42.9 Å². The van der Waals surface area contributed by atoms with Gasteiger partial charge in [-0.1, -0.05) is 25.1 Å². The Bertz CT molecular complexity index is 495. The van der Waals surface area contributed by atoms with Crippen LogP contribution in [0, 0.1) is 0 Å². The first-order valence-electron chi connectivity index (χ1n) is 7.22. The van der Waals surface area contributed by atoms with Crippen molar-refractivity contribution in [2.45, 2.75) is 38.8 Å². The molecule has 0 aliphatic rings. The maximum Gasteiger partial charge on any atom is 0.119 e. The van der Waals surface area contributed by atoms with Crippen LogP contribution >= 0.6 is 0 Å². The molecule has 0 fully saturated rings. The Morgan fingerprint density at radius 3 is 2.85 bits per heavy atom. The number of ether oxygens (including phenoxy) is 1.